The van der Waals surface area contributed by atoms with Gasteiger partial charge in [0.25, 0.3) is 5.91 Å². The zero-order valence-corrected chi connectivity index (χ0v) is 14.0. The molecule has 23 heavy (non-hydrogen) atoms. The number of nitrogens with one attached hydrogen (secondary N) is 1. The van der Waals surface area contributed by atoms with Gasteiger partial charge in [-0.05, 0) is 24.5 Å². The molecule has 0 fully saturated rings. The van der Waals surface area contributed by atoms with E-state index in [9.17, 15) is 4.79 Å². The SMILES string of the molecule is CCN(Cc1ccccc1)c1nccc(C(=O)NCC(C)C)n1. The molecule has 0 saturated heterocycles. The summed E-state index contributed by atoms with van der Waals surface area (Å²) in [5, 5.41) is 2.88. The van der Waals surface area contributed by atoms with Crippen LogP contribution in [0.5, 0.6) is 0 Å². The number of hydrogen-bond donors (Lipinski definition) is 1. The van der Waals surface area contributed by atoms with Crippen LogP contribution in [0, 0.1) is 5.92 Å². The highest BCUT2D eigenvalue weighted by atomic mass is 16.1. The minimum Gasteiger partial charge on any atom is -0.350 e. The van der Waals surface area contributed by atoms with Crippen molar-refractivity contribution in [2.24, 2.45) is 5.92 Å². The molecule has 0 bridgehead atoms. The Bertz CT molecular complexity index is 628. The Hall–Kier alpha value is -2.43. The number of nitrogens with zero attached hydrogens (tertiary/aromatic N) is 3. The molecule has 1 N–H and O–H groups in total. The van der Waals surface area contributed by atoms with Gasteiger partial charge in [-0.25, -0.2) is 9.97 Å². The van der Waals surface area contributed by atoms with E-state index >= 15 is 0 Å². The van der Waals surface area contributed by atoms with Gasteiger partial charge >= 0.3 is 0 Å². The monoisotopic (exact) mass is 312 g/mol. The smallest absolute Gasteiger partial charge is 0.270 e. The fourth-order valence-corrected chi connectivity index (χ4v) is 2.14. The summed E-state index contributed by atoms with van der Waals surface area (Å²) in [6.07, 6.45) is 1.64. The standard InChI is InChI=1S/C18H24N4O/c1-4-22(13-15-8-6-5-7-9-15)18-19-11-10-16(21-18)17(23)20-12-14(2)3/h5-11,14H,4,12-13H2,1-3H3,(H,20,23). The minimum absolute atomic E-state index is 0.155. The number of benzene rings is 1. The highest BCUT2D eigenvalue weighted by molar-refractivity contribution is 5.92. The van der Waals surface area contributed by atoms with E-state index in [1.165, 1.54) is 5.56 Å². The molecule has 1 aromatic carbocycles. The van der Waals surface area contributed by atoms with Crippen LogP contribution >= 0.6 is 0 Å². The van der Waals surface area contributed by atoms with Crippen LogP contribution in [-0.4, -0.2) is 29.0 Å². The van der Waals surface area contributed by atoms with Gasteiger partial charge in [0.15, 0.2) is 0 Å². The van der Waals surface area contributed by atoms with E-state index in [0.29, 0.717) is 30.6 Å². The summed E-state index contributed by atoms with van der Waals surface area (Å²) in [4.78, 5) is 22.9. The van der Waals surface area contributed by atoms with Gasteiger partial charge in [0, 0.05) is 25.8 Å². The molecule has 1 aromatic heterocycles. The van der Waals surface area contributed by atoms with Crippen molar-refractivity contribution in [3.63, 3.8) is 0 Å². The molecule has 0 unspecified atom stereocenters. The van der Waals surface area contributed by atoms with Crippen LogP contribution in [0.3, 0.4) is 0 Å². The average Bonchev–Trinajstić information content (AvgIpc) is 2.58. The largest absolute Gasteiger partial charge is 0.350 e. The van der Waals surface area contributed by atoms with E-state index in [1.54, 1.807) is 12.3 Å². The van der Waals surface area contributed by atoms with Gasteiger partial charge in [-0.15, -0.1) is 0 Å². The van der Waals surface area contributed by atoms with Crippen molar-refractivity contribution >= 4 is 11.9 Å². The number of amides is 1. The molecule has 0 atom stereocenters. The molecular weight excluding hydrogens is 288 g/mol. The summed E-state index contributed by atoms with van der Waals surface area (Å²) in [6, 6.07) is 11.8. The molecule has 1 heterocycles. The summed E-state index contributed by atoms with van der Waals surface area (Å²) in [6.45, 7) is 8.30. The summed E-state index contributed by atoms with van der Waals surface area (Å²) in [7, 11) is 0. The maximum Gasteiger partial charge on any atom is 0.270 e. The molecule has 0 aliphatic carbocycles. The van der Waals surface area contributed by atoms with Gasteiger partial charge in [-0.2, -0.15) is 0 Å². The Morgan fingerprint density at radius 3 is 2.61 bits per heavy atom. The lowest BCUT2D eigenvalue weighted by molar-refractivity contribution is 0.0944. The average molecular weight is 312 g/mol. The number of anilines is 1. The van der Waals surface area contributed by atoms with E-state index in [-0.39, 0.29) is 5.91 Å². The first-order valence-corrected chi connectivity index (χ1v) is 8.00. The molecule has 5 heteroatoms. The second-order valence-electron chi connectivity index (χ2n) is 5.85. The fourth-order valence-electron chi connectivity index (χ4n) is 2.14. The lowest BCUT2D eigenvalue weighted by Gasteiger charge is -2.21. The molecular formula is C18H24N4O. The van der Waals surface area contributed by atoms with Crippen LogP contribution < -0.4 is 10.2 Å². The fraction of sp³-hybridized carbons (Fsp3) is 0.389. The van der Waals surface area contributed by atoms with Crippen molar-refractivity contribution < 1.29 is 4.79 Å². The maximum atomic E-state index is 12.2. The van der Waals surface area contributed by atoms with E-state index in [2.05, 4.69) is 53.1 Å². The normalized spacial score (nSPS) is 10.6. The molecule has 2 aromatic rings. The third-order valence-corrected chi connectivity index (χ3v) is 3.43. The Morgan fingerprint density at radius 2 is 1.96 bits per heavy atom. The topological polar surface area (TPSA) is 58.1 Å². The van der Waals surface area contributed by atoms with Crippen LogP contribution in [0.25, 0.3) is 0 Å². The third kappa shape index (κ3) is 5.06. The Morgan fingerprint density at radius 1 is 1.22 bits per heavy atom. The minimum atomic E-state index is -0.155. The lowest BCUT2D eigenvalue weighted by Crippen LogP contribution is -2.29. The molecule has 0 radical (unpaired) electrons. The maximum absolute atomic E-state index is 12.2. The number of carbonyl (C=O) groups excluding carboxylic acids is 1. The second-order valence-corrected chi connectivity index (χ2v) is 5.85. The van der Waals surface area contributed by atoms with Crippen LogP contribution in [0.15, 0.2) is 42.6 Å². The summed E-state index contributed by atoms with van der Waals surface area (Å²) in [5.74, 6) is 0.831. The van der Waals surface area contributed by atoms with Crippen molar-refractivity contribution in [1.29, 1.82) is 0 Å². The summed E-state index contributed by atoms with van der Waals surface area (Å²) < 4.78 is 0. The molecule has 0 spiro atoms. The van der Waals surface area contributed by atoms with E-state index in [4.69, 9.17) is 0 Å². The molecule has 122 valence electrons. The number of carbonyl (C=O) groups is 1. The van der Waals surface area contributed by atoms with Crippen LogP contribution in [0.4, 0.5) is 5.95 Å². The van der Waals surface area contributed by atoms with E-state index in [0.717, 1.165) is 6.54 Å². The highest BCUT2D eigenvalue weighted by Gasteiger charge is 2.13. The van der Waals surface area contributed by atoms with Crippen molar-refractivity contribution in [2.75, 3.05) is 18.0 Å². The first kappa shape index (κ1) is 16.9. The Balaban J connectivity index is 2.11. The molecule has 2 rings (SSSR count). The lowest BCUT2D eigenvalue weighted by atomic mass is 10.2. The molecule has 0 aliphatic rings. The second kappa shape index (κ2) is 8.27. The van der Waals surface area contributed by atoms with E-state index in [1.807, 2.05) is 18.2 Å². The highest BCUT2D eigenvalue weighted by Crippen LogP contribution is 2.12. The summed E-state index contributed by atoms with van der Waals surface area (Å²) >= 11 is 0. The zero-order chi connectivity index (χ0) is 16.7. The van der Waals surface area contributed by atoms with Gasteiger partial charge in [-0.1, -0.05) is 44.2 Å². The first-order chi connectivity index (χ1) is 11.1. The first-order valence-electron chi connectivity index (χ1n) is 8.00. The molecule has 5 nitrogen and oxygen atoms in total. The van der Waals surface area contributed by atoms with Crippen molar-refractivity contribution in [2.45, 2.75) is 27.3 Å². The van der Waals surface area contributed by atoms with Crippen LogP contribution in [-0.2, 0) is 6.54 Å². The number of rotatable bonds is 7. The van der Waals surface area contributed by atoms with Gasteiger partial charge in [0.2, 0.25) is 5.95 Å². The van der Waals surface area contributed by atoms with Gasteiger partial charge in [0.1, 0.15) is 5.69 Å². The van der Waals surface area contributed by atoms with E-state index < -0.39 is 0 Å². The number of aromatic nitrogens is 2. The van der Waals surface area contributed by atoms with Crippen LogP contribution in [0.1, 0.15) is 36.8 Å². The predicted molar refractivity (Wildman–Crippen MR) is 92.4 cm³/mol. The Labute approximate surface area is 137 Å². The van der Waals surface area contributed by atoms with Crippen LogP contribution in [0.2, 0.25) is 0 Å². The summed E-state index contributed by atoms with van der Waals surface area (Å²) in [5.41, 5.74) is 1.59. The van der Waals surface area contributed by atoms with Crippen molar-refractivity contribution in [3.8, 4) is 0 Å². The molecule has 0 aliphatic heterocycles. The van der Waals surface area contributed by atoms with Gasteiger partial charge in [-0.3, -0.25) is 4.79 Å². The zero-order valence-electron chi connectivity index (χ0n) is 14.0. The predicted octanol–water partition coefficient (Wildman–Crippen LogP) is 2.89. The quantitative estimate of drug-likeness (QED) is 0.854. The van der Waals surface area contributed by atoms with Crippen molar-refractivity contribution in [1.82, 2.24) is 15.3 Å². The molecule has 1 amide bonds. The van der Waals surface area contributed by atoms with Gasteiger partial charge in [0.05, 0.1) is 0 Å². The van der Waals surface area contributed by atoms with Crippen molar-refractivity contribution in [3.05, 3.63) is 53.9 Å². The number of hydrogen-bond acceptors (Lipinski definition) is 4. The third-order valence-electron chi connectivity index (χ3n) is 3.43. The molecule has 0 saturated carbocycles. The Kier molecular flexibility index (Phi) is 6.09. The van der Waals surface area contributed by atoms with Gasteiger partial charge < -0.3 is 10.2 Å².